The van der Waals surface area contributed by atoms with E-state index in [2.05, 4.69) is 64.8 Å². The Bertz CT molecular complexity index is 1500. The molecule has 1 amide bonds. The number of amides is 1. The van der Waals surface area contributed by atoms with Crippen molar-refractivity contribution in [3.05, 3.63) is 53.6 Å². The lowest BCUT2D eigenvalue weighted by molar-refractivity contribution is -0.219. The van der Waals surface area contributed by atoms with Gasteiger partial charge in [-0.25, -0.2) is 9.59 Å². The maximum absolute atomic E-state index is 12.4. The molecule has 49 heavy (non-hydrogen) atoms. The van der Waals surface area contributed by atoms with Crippen LogP contribution in [0.15, 0.2) is 42.5 Å². The summed E-state index contributed by atoms with van der Waals surface area (Å²) in [6, 6.07) is 7.57. The first-order chi connectivity index (χ1) is 22.8. The molecule has 0 saturated heterocycles. The Labute approximate surface area is 296 Å². The number of allylic oxidation sites excluding steroid dienone is 3. The number of carbonyl (C=O) groups excluding carboxylic acids is 1. The molecule has 0 aliphatic heterocycles. The van der Waals surface area contributed by atoms with E-state index < -0.39 is 11.6 Å². The first-order valence-corrected chi connectivity index (χ1v) is 19.2. The molecule has 9 atom stereocenters. The van der Waals surface area contributed by atoms with Gasteiger partial charge < -0.3 is 20.5 Å². The standard InChI is InChI=1S/C43H64N2O4/c1-27(2)30-17-22-43(45-26-25-44-37(48)49-38(3,4)5)24-23-41(9)32(35(30)43)15-16-34-40(8)20-18-31(28-11-13-29(14-12-28)36(46)47)39(6,7)33(40)19-21-42(34,41)10/h11-14,18,30,32-35,45H,1,15-17,19-26H2,2-10H3,(H,44,48)(H,46,47). The van der Waals surface area contributed by atoms with E-state index in [1.54, 1.807) is 12.1 Å². The number of rotatable bonds is 7. The molecule has 1 aromatic carbocycles. The molecule has 4 fully saturated rings. The number of hydrogen-bond acceptors (Lipinski definition) is 4. The molecule has 4 saturated carbocycles. The summed E-state index contributed by atoms with van der Waals surface area (Å²) in [5, 5.41) is 16.5. The van der Waals surface area contributed by atoms with Crippen LogP contribution in [0.5, 0.6) is 0 Å². The van der Waals surface area contributed by atoms with Crippen molar-refractivity contribution in [2.45, 2.75) is 131 Å². The van der Waals surface area contributed by atoms with Gasteiger partial charge in [0.05, 0.1) is 5.56 Å². The average molecular weight is 673 g/mol. The van der Waals surface area contributed by atoms with Crippen LogP contribution >= 0.6 is 0 Å². The largest absolute Gasteiger partial charge is 0.478 e. The second-order valence-electron chi connectivity index (χ2n) is 19.1. The average Bonchev–Trinajstić information content (AvgIpc) is 3.39. The number of carbonyl (C=O) groups is 2. The van der Waals surface area contributed by atoms with E-state index in [4.69, 9.17) is 4.74 Å². The lowest BCUT2D eigenvalue weighted by Crippen LogP contribution is -2.68. The fourth-order valence-corrected chi connectivity index (χ4v) is 13.1. The second kappa shape index (κ2) is 12.3. The summed E-state index contributed by atoms with van der Waals surface area (Å²) in [4.78, 5) is 23.9. The van der Waals surface area contributed by atoms with Gasteiger partial charge in [-0.2, -0.15) is 0 Å². The molecule has 270 valence electrons. The quantitative estimate of drug-likeness (QED) is 0.198. The van der Waals surface area contributed by atoms with Crippen molar-refractivity contribution < 1.29 is 19.4 Å². The third-order valence-electron chi connectivity index (χ3n) is 15.4. The highest BCUT2D eigenvalue weighted by atomic mass is 16.6. The van der Waals surface area contributed by atoms with Crippen LogP contribution in [0.2, 0.25) is 0 Å². The van der Waals surface area contributed by atoms with E-state index >= 15 is 0 Å². The predicted molar refractivity (Wildman–Crippen MR) is 198 cm³/mol. The van der Waals surface area contributed by atoms with Crippen molar-refractivity contribution in [1.29, 1.82) is 0 Å². The van der Waals surface area contributed by atoms with E-state index in [0.717, 1.165) is 13.0 Å². The van der Waals surface area contributed by atoms with Crippen molar-refractivity contribution >= 4 is 17.6 Å². The fraction of sp³-hybridized carbons (Fsp3) is 0.721. The normalized spacial score (nSPS) is 39.4. The Morgan fingerprint density at radius 1 is 0.898 bits per heavy atom. The van der Waals surface area contributed by atoms with Gasteiger partial charge in [0.15, 0.2) is 0 Å². The van der Waals surface area contributed by atoms with Crippen molar-refractivity contribution in [2.75, 3.05) is 13.1 Å². The third-order valence-corrected chi connectivity index (χ3v) is 15.4. The Morgan fingerprint density at radius 2 is 1.59 bits per heavy atom. The number of nitrogens with one attached hydrogen (secondary N) is 2. The third kappa shape index (κ3) is 5.80. The molecule has 0 bridgehead atoms. The molecule has 1 aromatic rings. The van der Waals surface area contributed by atoms with Crippen LogP contribution in [-0.4, -0.2) is 41.4 Å². The zero-order chi connectivity index (χ0) is 35.8. The maximum Gasteiger partial charge on any atom is 0.407 e. The summed E-state index contributed by atoms with van der Waals surface area (Å²) in [5.74, 6) is 2.12. The minimum atomic E-state index is -0.871. The highest BCUT2D eigenvalue weighted by molar-refractivity contribution is 5.88. The van der Waals surface area contributed by atoms with Gasteiger partial charge in [0.25, 0.3) is 0 Å². The Morgan fingerprint density at radius 3 is 2.22 bits per heavy atom. The predicted octanol–water partition coefficient (Wildman–Crippen LogP) is 9.90. The van der Waals surface area contributed by atoms with Crippen LogP contribution in [0.25, 0.3) is 5.57 Å². The van der Waals surface area contributed by atoms with Crippen LogP contribution in [0, 0.1) is 51.2 Å². The van der Waals surface area contributed by atoms with Crippen molar-refractivity contribution in [2.24, 2.45) is 51.2 Å². The Balaban J connectivity index is 1.25. The van der Waals surface area contributed by atoms with Crippen LogP contribution in [0.3, 0.4) is 0 Å². The number of fused-ring (bicyclic) bond motifs is 7. The number of alkyl carbamates (subject to hydrolysis) is 1. The van der Waals surface area contributed by atoms with Gasteiger partial charge >= 0.3 is 12.1 Å². The van der Waals surface area contributed by atoms with Gasteiger partial charge in [0.2, 0.25) is 0 Å². The zero-order valence-corrected chi connectivity index (χ0v) is 31.9. The molecule has 5 aliphatic carbocycles. The second-order valence-corrected chi connectivity index (χ2v) is 19.1. The number of ether oxygens (including phenoxy) is 1. The molecular weight excluding hydrogens is 608 g/mol. The summed E-state index contributed by atoms with van der Waals surface area (Å²) in [6.07, 6.45) is 13.2. The number of carboxylic acids is 1. The van der Waals surface area contributed by atoms with Gasteiger partial charge in [-0.1, -0.05) is 65.0 Å². The highest BCUT2D eigenvalue weighted by Crippen LogP contribution is 2.76. The van der Waals surface area contributed by atoms with Crippen molar-refractivity contribution in [3.63, 3.8) is 0 Å². The first-order valence-electron chi connectivity index (χ1n) is 19.2. The number of hydrogen-bond donors (Lipinski definition) is 3. The smallest absolute Gasteiger partial charge is 0.407 e. The van der Waals surface area contributed by atoms with Crippen LogP contribution in [0.1, 0.15) is 136 Å². The van der Waals surface area contributed by atoms with Crippen molar-refractivity contribution in [1.82, 2.24) is 10.6 Å². The van der Waals surface area contributed by atoms with Crippen molar-refractivity contribution in [3.8, 4) is 0 Å². The van der Waals surface area contributed by atoms with Crippen LogP contribution in [-0.2, 0) is 4.74 Å². The SMILES string of the molecule is C=C(C)C1CCC2(NCCNC(=O)OC(C)(C)C)CCC3(C)C(CCC4C5(C)CC=C(c6ccc(C(=O)O)cc6)C(C)(C)C5CCC43C)C12. The topological polar surface area (TPSA) is 87.7 Å². The van der Waals surface area contributed by atoms with Gasteiger partial charge in [-0.15, -0.1) is 0 Å². The molecule has 0 aromatic heterocycles. The summed E-state index contributed by atoms with van der Waals surface area (Å²) < 4.78 is 5.50. The maximum atomic E-state index is 12.4. The van der Waals surface area contributed by atoms with E-state index in [1.165, 1.54) is 68.1 Å². The first kappa shape index (κ1) is 36.2. The lowest BCUT2D eigenvalue weighted by atomic mass is 9.33. The number of carboxylic acid groups (broad SMARTS) is 1. The summed E-state index contributed by atoms with van der Waals surface area (Å²) in [6.45, 7) is 26.8. The Hall–Kier alpha value is -2.60. The molecule has 6 heteroatoms. The summed E-state index contributed by atoms with van der Waals surface area (Å²) in [5.41, 5.74) is 4.59. The van der Waals surface area contributed by atoms with E-state index in [0.29, 0.717) is 41.7 Å². The molecule has 6 nitrogen and oxygen atoms in total. The Kier molecular flexibility index (Phi) is 9.07. The molecule has 0 spiro atoms. The summed E-state index contributed by atoms with van der Waals surface area (Å²) >= 11 is 0. The molecule has 9 unspecified atom stereocenters. The minimum absolute atomic E-state index is 0.00625. The van der Waals surface area contributed by atoms with Gasteiger partial charge in [-0.3, -0.25) is 0 Å². The molecular formula is C43H64N2O4. The van der Waals surface area contributed by atoms with E-state index in [-0.39, 0.29) is 33.3 Å². The summed E-state index contributed by atoms with van der Waals surface area (Å²) in [7, 11) is 0. The highest BCUT2D eigenvalue weighted by Gasteiger charge is 2.70. The van der Waals surface area contributed by atoms with Crippen LogP contribution in [0.4, 0.5) is 4.79 Å². The molecule has 5 aliphatic rings. The molecule has 0 heterocycles. The van der Waals surface area contributed by atoms with Gasteiger partial charge in [0, 0.05) is 18.6 Å². The molecule has 3 N–H and O–H groups in total. The number of aromatic carboxylic acids is 1. The van der Waals surface area contributed by atoms with Gasteiger partial charge in [-0.05, 0) is 160 Å². The van der Waals surface area contributed by atoms with E-state index in [9.17, 15) is 14.7 Å². The molecule has 0 radical (unpaired) electrons. The zero-order valence-electron chi connectivity index (χ0n) is 31.9. The minimum Gasteiger partial charge on any atom is -0.478 e. The van der Waals surface area contributed by atoms with Crippen LogP contribution < -0.4 is 10.6 Å². The van der Waals surface area contributed by atoms with E-state index in [1.807, 2.05) is 32.9 Å². The fourth-order valence-electron chi connectivity index (χ4n) is 13.1. The van der Waals surface area contributed by atoms with Gasteiger partial charge in [0.1, 0.15) is 5.60 Å². The molecule has 6 rings (SSSR count). The lowest BCUT2D eigenvalue weighted by Gasteiger charge is -2.72. The number of benzene rings is 1. The monoisotopic (exact) mass is 672 g/mol.